The fourth-order valence-corrected chi connectivity index (χ4v) is 3.74. The van der Waals surface area contributed by atoms with Crippen LogP contribution < -0.4 is 9.47 Å². The van der Waals surface area contributed by atoms with E-state index in [1.54, 1.807) is 24.3 Å². The number of nitro groups is 1. The van der Waals surface area contributed by atoms with Crippen LogP contribution in [0.5, 0.6) is 11.5 Å². The Hall–Kier alpha value is -3.63. The number of benzene rings is 3. The Morgan fingerprint density at radius 2 is 1.94 bits per heavy atom. The molecule has 0 saturated carbocycles. The largest absolute Gasteiger partial charge is 0.490 e. The minimum atomic E-state index is -0.483. The molecule has 0 heterocycles. The first-order chi connectivity index (χ1) is 15.4. The van der Waals surface area contributed by atoms with E-state index in [2.05, 4.69) is 28.1 Å². The number of nitrogens with zero attached hydrogens (tertiary/aromatic N) is 2. The number of aryl methyl sites for hydroxylation is 1. The third-order valence-corrected chi connectivity index (χ3v) is 5.19. The van der Waals surface area contributed by atoms with Crippen LogP contribution in [0.25, 0.3) is 11.6 Å². The molecule has 0 amide bonds. The molecule has 0 aromatic heterocycles. The lowest BCUT2D eigenvalue weighted by atomic mass is 10.0. The summed E-state index contributed by atoms with van der Waals surface area (Å²) in [7, 11) is 0. The Morgan fingerprint density at radius 3 is 2.62 bits per heavy atom. The minimum absolute atomic E-state index is 0.0697. The van der Waals surface area contributed by atoms with E-state index in [0.717, 1.165) is 11.1 Å². The van der Waals surface area contributed by atoms with Crippen molar-refractivity contribution < 1.29 is 14.4 Å². The number of nitro benzene ring substituents is 1. The van der Waals surface area contributed by atoms with Gasteiger partial charge in [-0.1, -0.05) is 42.0 Å². The fourth-order valence-electron chi connectivity index (χ4n) is 3.17. The van der Waals surface area contributed by atoms with Crippen LogP contribution in [0.2, 0.25) is 0 Å². The predicted molar refractivity (Wildman–Crippen MR) is 127 cm³/mol. The average molecular weight is 493 g/mol. The highest BCUT2D eigenvalue weighted by molar-refractivity contribution is 9.10. The molecule has 0 fully saturated rings. The van der Waals surface area contributed by atoms with E-state index in [4.69, 9.17) is 9.47 Å². The van der Waals surface area contributed by atoms with E-state index in [9.17, 15) is 15.4 Å². The molecule has 0 radical (unpaired) electrons. The molecule has 0 aliphatic heterocycles. The molecule has 0 N–H and O–H groups in total. The van der Waals surface area contributed by atoms with Gasteiger partial charge in [0.1, 0.15) is 6.61 Å². The maximum absolute atomic E-state index is 11.1. The Bertz CT molecular complexity index is 1210. The first-order valence-electron chi connectivity index (χ1n) is 9.92. The van der Waals surface area contributed by atoms with Crippen LogP contribution in [0, 0.1) is 28.4 Å². The lowest BCUT2D eigenvalue weighted by molar-refractivity contribution is -0.384. The molecule has 3 aromatic rings. The number of halogens is 1. The number of non-ortho nitro benzene ring substituents is 1. The zero-order valence-electron chi connectivity index (χ0n) is 17.7. The van der Waals surface area contributed by atoms with Crippen LogP contribution in [0.15, 0.2) is 65.1 Å². The Balaban J connectivity index is 1.94. The van der Waals surface area contributed by atoms with Gasteiger partial charge in [0.25, 0.3) is 5.69 Å². The maximum Gasteiger partial charge on any atom is 0.270 e. The van der Waals surface area contributed by atoms with E-state index in [1.807, 2.05) is 38.1 Å². The molecule has 32 heavy (non-hydrogen) atoms. The average Bonchev–Trinajstić information content (AvgIpc) is 2.77. The molecule has 162 valence electrons. The Kier molecular flexibility index (Phi) is 7.63. The lowest BCUT2D eigenvalue weighted by Crippen LogP contribution is -2.01. The summed E-state index contributed by atoms with van der Waals surface area (Å²) in [5.74, 6) is 1.11. The summed E-state index contributed by atoms with van der Waals surface area (Å²) < 4.78 is 12.5. The molecule has 6 nitrogen and oxygen atoms in total. The van der Waals surface area contributed by atoms with Crippen LogP contribution in [0.3, 0.4) is 0 Å². The third kappa shape index (κ3) is 5.74. The first-order valence-corrected chi connectivity index (χ1v) is 10.7. The van der Waals surface area contributed by atoms with E-state index in [-0.39, 0.29) is 5.69 Å². The number of hydrogen-bond donors (Lipinski definition) is 0. The highest BCUT2D eigenvalue weighted by Gasteiger charge is 2.14. The van der Waals surface area contributed by atoms with Gasteiger partial charge in [-0.15, -0.1) is 0 Å². The molecule has 0 aliphatic rings. The fraction of sp³-hybridized carbons (Fsp3) is 0.160. The molecular weight excluding hydrogens is 472 g/mol. The number of allylic oxidation sites excluding steroid dienone is 1. The Morgan fingerprint density at radius 1 is 1.16 bits per heavy atom. The van der Waals surface area contributed by atoms with Gasteiger partial charge in [0, 0.05) is 12.1 Å². The van der Waals surface area contributed by atoms with Gasteiger partial charge in [-0.25, -0.2) is 0 Å². The van der Waals surface area contributed by atoms with Crippen molar-refractivity contribution in [1.29, 1.82) is 5.26 Å². The van der Waals surface area contributed by atoms with E-state index < -0.39 is 4.92 Å². The summed E-state index contributed by atoms with van der Waals surface area (Å²) in [4.78, 5) is 10.6. The van der Waals surface area contributed by atoms with Crippen molar-refractivity contribution in [3.05, 3.63) is 97.5 Å². The molecule has 3 rings (SSSR count). The van der Waals surface area contributed by atoms with Gasteiger partial charge >= 0.3 is 0 Å². The van der Waals surface area contributed by atoms with E-state index in [0.29, 0.717) is 45.9 Å². The number of ether oxygens (including phenoxy) is 2. The SMILES string of the molecule is CCOc1cc(C=C(C#N)c2cccc([N+](=O)[O-])c2)cc(Br)c1OCc1cccc(C)c1. The molecule has 0 aliphatic carbocycles. The molecular formula is C25H21BrN2O4. The van der Waals surface area contributed by atoms with Crippen LogP contribution in [0.1, 0.15) is 29.2 Å². The molecule has 0 unspecified atom stereocenters. The second-order valence-corrected chi connectivity index (χ2v) is 7.87. The smallest absolute Gasteiger partial charge is 0.270 e. The van der Waals surface area contributed by atoms with Gasteiger partial charge in [-0.05, 0) is 64.7 Å². The molecule has 0 saturated heterocycles. The molecule has 0 bridgehead atoms. The van der Waals surface area contributed by atoms with Crippen molar-refractivity contribution in [3.63, 3.8) is 0 Å². The zero-order valence-corrected chi connectivity index (χ0v) is 19.3. The van der Waals surface area contributed by atoms with Crippen molar-refractivity contribution >= 4 is 33.3 Å². The van der Waals surface area contributed by atoms with Gasteiger partial charge < -0.3 is 9.47 Å². The van der Waals surface area contributed by atoms with Crippen LogP contribution in [-0.2, 0) is 6.61 Å². The summed E-state index contributed by atoms with van der Waals surface area (Å²) in [5, 5.41) is 20.7. The first kappa shape index (κ1) is 23.0. The van der Waals surface area contributed by atoms with Crippen molar-refractivity contribution in [2.24, 2.45) is 0 Å². The van der Waals surface area contributed by atoms with E-state index in [1.165, 1.54) is 12.1 Å². The minimum Gasteiger partial charge on any atom is -0.490 e. The molecule has 0 atom stereocenters. The van der Waals surface area contributed by atoms with E-state index >= 15 is 0 Å². The van der Waals surface area contributed by atoms with Crippen molar-refractivity contribution in [2.75, 3.05) is 6.61 Å². The molecule has 3 aromatic carbocycles. The summed E-state index contributed by atoms with van der Waals surface area (Å²) in [6, 6.07) is 19.8. The second kappa shape index (κ2) is 10.6. The standard InChI is InChI=1S/C25H21BrN2O4/c1-3-31-24-13-19(11-21(15-27)20-8-5-9-22(14-20)28(29)30)12-23(26)25(24)32-16-18-7-4-6-17(2)10-18/h4-14H,3,16H2,1-2H3. The highest BCUT2D eigenvalue weighted by atomic mass is 79.9. The van der Waals surface area contributed by atoms with Crippen molar-refractivity contribution in [3.8, 4) is 17.6 Å². The predicted octanol–water partition coefficient (Wildman–Crippen LogP) is 6.71. The summed E-state index contributed by atoms with van der Waals surface area (Å²) in [6.45, 7) is 4.73. The monoisotopic (exact) mass is 492 g/mol. The third-order valence-electron chi connectivity index (χ3n) is 4.60. The van der Waals surface area contributed by atoms with Gasteiger partial charge in [-0.2, -0.15) is 5.26 Å². The number of nitriles is 1. The topological polar surface area (TPSA) is 85.4 Å². The van der Waals surface area contributed by atoms with Gasteiger partial charge in [0.2, 0.25) is 0 Å². The van der Waals surface area contributed by atoms with Crippen molar-refractivity contribution in [1.82, 2.24) is 0 Å². The lowest BCUT2D eigenvalue weighted by Gasteiger charge is -2.15. The maximum atomic E-state index is 11.1. The quantitative estimate of drug-likeness (QED) is 0.151. The van der Waals surface area contributed by atoms with Gasteiger partial charge in [0.05, 0.1) is 27.6 Å². The second-order valence-electron chi connectivity index (χ2n) is 7.02. The van der Waals surface area contributed by atoms with Crippen molar-refractivity contribution in [2.45, 2.75) is 20.5 Å². The zero-order chi connectivity index (χ0) is 23.1. The summed E-state index contributed by atoms with van der Waals surface area (Å²) >= 11 is 3.55. The summed E-state index contributed by atoms with van der Waals surface area (Å²) in [5.41, 5.74) is 3.60. The van der Waals surface area contributed by atoms with Gasteiger partial charge in [-0.3, -0.25) is 10.1 Å². The highest BCUT2D eigenvalue weighted by Crippen LogP contribution is 2.38. The number of rotatable bonds is 8. The molecule has 0 spiro atoms. The van der Waals surface area contributed by atoms with Crippen LogP contribution in [-0.4, -0.2) is 11.5 Å². The van der Waals surface area contributed by atoms with Crippen LogP contribution in [0.4, 0.5) is 5.69 Å². The summed E-state index contributed by atoms with van der Waals surface area (Å²) in [6.07, 6.45) is 1.66. The molecule has 7 heteroatoms. The van der Waals surface area contributed by atoms with Crippen LogP contribution >= 0.6 is 15.9 Å². The van der Waals surface area contributed by atoms with Gasteiger partial charge in [0.15, 0.2) is 11.5 Å². The normalized spacial score (nSPS) is 11.0. The Labute approximate surface area is 195 Å². The number of hydrogen-bond acceptors (Lipinski definition) is 5.